The number of amides is 3. The standard InChI is InChI=1S/C18H17N5O3S/c1-10-3-2-4-11(5-10)17(26)21-8-15(24)23-18-22-14(9-27-18)12-6-13(16(19)25)20-7-12/h2-7,9,20H,8H2,1H3,(H2,19,25)(H,21,26)(H,22,23,24). The lowest BCUT2D eigenvalue weighted by Crippen LogP contribution is -2.32. The lowest BCUT2D eigenvalue weighted by atomic mass is 10.1. The molecule has 138 valence electrons. The van der Waals surface area contributed by atoms with Gasteiger partial charge in [-0.25, -0.2) is 4.98 Å². The number of H-pyrrole nitrogens is 1. The van der Waals surface area contributed by atoms with E-state index in [1.807, 2.05) is 13.0 Å². The van der Waals surface area contributed by atoms with Gasteiger partial charge in [0.15, 0.2) is 5.13 Å². The van der Waals surface area contributed by atoms with E-state index in [2.05, 4.69) is 20.6 Å². The van der Waals surface area contributed by atoms with Crippen molar-refractivity contribution in [2.75, 3.05) is 11.9 Å². The fourth-order valence-corrected chi connectivity index (χ4v) is 3.10. The molecule has 8 nitrogen and oxygen atoms in total. The SMILES string of the molecule is Cc1cccc(C(=O)NCC(=O)Nc2nc(-c3c[nH]c(C(N)=O)c3)cs2)c1. The average molecular weight is 383 g/mol. The van der Waals surface area contributed by atoms with Crippen molar-refractivity contribution in [2.45, 2.75) is 6.92 Å². The van der Waals surface area contributed by atoms with E-state index in [1.165, 1.54) is 11.3 Å². The number of hydrogen-bond acceptors (Lipinski definition) is 5. The Morgan fingerprint density at radius 2 is 2.07 bits per heavy atom. The van der Waals surface area contributed by atoms with Crippen LogP contribution in [0.4, 0.5) is 5.13 Å². The Labute approximate surface area is 158 Å². The number of aryl methyl sites for hydroxylation is 1. The smallest absolute Gasteiger partial charge is 0.265 e. The number of benzene rings is 1. The summed E-state index contributed by atoms with van der Waals surface area (Å²) in [4.78, 5) is 42.3. The lowest BCUT2D eigenvalue weighted by molar-refractivity contribution is -0.115. The van der Waals surface area contributed by atoms with Gasteiger partial charge in [-0.1, -0.05) is 17.7 Å². The van der Waals surface area contributed by atoms with Crippen molar-refractivity contribution in [1.82, 2.24) is 15.3 Å². The Kier molecular flexibility index (Phi) is 5.32. The molecule has 3 aromatic rings. The maximum Gasteiger partial charge on any atom is 0.265 e. The summed E-state index contributed by atoms with van der Waals surface area (Å²) in [7, 11) is 0. The molecular formula is C18H17N5O3S. The molecule has 2 heterocycles. The van der Waals surface area contributed by atoms with Crippen LogP contribution in [-0.4, -0.2) is 34.2 Å². The van der Waals surface area contributed by atoms with E-state index in [0.717, 1.165) is 5.56 Å². The first kappa shape index (κ1) is 18.3. The van der Waals surface area contributed by atoms with Crippen LogP contribution in [0.2, 0.25) is 0 Å². The highest BCUT2D eigenvalue weighted by atomic mass is 32.1. The molecule has 0 atom stereocenters. The first-order valence-electron chi connectivity index (χ1n) is 8.01. The molecule has 0 aliphatic rings. The van der Waals surface area contributed by atoms with Crippen molar-refractivity contribution in [3.05, 3.63) is 58.7 Å². The molecule has 0 bridgehead atoms. The van der Waals surface area contributed by atoms with Gasteiger partial charge in [0, 0.05) is 22.7 Å². The first-order chi connectivity index (χ1) is 12.9. The third-order valence-electron chi connectivity index (χ3n) is 3.68. The molecule has 9 heteroatoms. The van der Waals surface area contributed by atoms with Gasteiger partial charge < -0.3 is 21.4 Å². The number of nitrogens with one attached hydrogen (secondary N) is 3. The number of hydrogen-bond donors (Lipinski definition) is 4. The molecule has 3 rings (SSSR count). The quantitative estimate of drug-likeness (QED) is 0.518. The zero-order valence-corrected chi connectivity index (χ0v) is 15.2. The lowest BCUT2D eigenvalue weighted by Gasteiger charge is -2.05. The maximum atomic E-state index is 12.1. The number of primary amides is 1. The summed E-state index contributed by atoms with van der Waals surface area (Å²) in [6.45, 7) is 1.72. The van der Waals surface area contributed by atoms with Gasteiger partial charge in [0.05, 0.1) is 12.2 Å². The van der Waals surface area contributed by atoms with Gasteiger partial charge >= 0.3 is 0 Å². The van der Waals surface area contributed by atoms with Crippen LogP contribution >= 0.6 is 11.3 Å². The predicted molar refractivity (Wildman–Crippen MR) is 103 cm³/mol. The van der Waals surface area contributed by atoms with Gasteiger partial charge in [-0.15, -0.1) is 11.3 Å². The first-order valence-corrected chi connectivity index (χ1v) is 8.89. The summed E-state index contributed by atoms with van der Waals surface area (Å²) >= 11 is 1.24. The number of aromatic nitrogens is 2. The number of anilines is 1. The molecule has 5 N–H and O–H groups in total. The van der Waals surface area contributed by atoms with Crippen molar-refractivity contribution in [1.29, 1.82) is 0 Å². The van der Waals surface area contributed by atoms with Crippen molar-refractivity contribution in [3.8, 4) is 11.3 Å². The fraction of sp³-hybridized carbons (Fsp3) is 0.111. The van der Waals surface area contributed by atoms with Crippen molar-refractivity contribution >= 4 is 34.2 Å². The van der Waals surface area contributed by atoms with Crippen LogP contribution in [0.15, 0.2) is 41.9 Å². The van der Waals surface area contributed by atoms with Crippen LogP contribution in [0.5, 0.6) is 0 Å². The second-order valence-electron chi connectivity index (χ2n) is 5.80. The van der Waals surface area contributed by atoms with Crippen molar-refractivity contribution in [2.24, 2.45) is 5.73 Å². The van der Waals surface area contributed by atoms with E-state index in [-0.39, 0.29) is 24.1 Å². The second kappa shape index (κ2) is 7.83. The van der Waals surface area contributed by atoms with E-state index in [4.69, 9.17) is 5.73 Å². The Morgan fingerprint density at radius 1 is 1.26 bits per heavy atom. The number of aromatic amines is 1. The van der Waals surface area contributed by atoms with Crippen LogP contribution in [0.25, 0.3) is 11.3 Å². The highest BCUT2D eigenvalue weighted by Crippen LogP contribution is 2.25. The Bertz CT molecular complexity index is 1010. The minimum Gasteiger partial charge on any atom is -0.364 e. The minimum atomic E-state index is -0.561. The normalized spacial score (nSPS) is 10.4. The molecule has 0 aliphatic carbocycles. The van der Waals surface area contributed by atoms with Crippen molar-refractivity contribution < 1.29 is 14.4 Å². The second-order valence-corrected chi connectivity index (χ2v) is 6.66. The maximum absolute atomic E-state index is 12.1. The summed E-state index contributed by atoms with van der Waals surface area (Å²) in [5, 5.41) is 7.34. The van der Waals surface area contributed by atoms with Gasteiger partial charge in [0.25, 0.3) is 11.8 Å². The fourth-order valence-electron chi connectivity index (χ4n) is 2.36. The molecule has 0 saturated carbocycles. The number of nitrogens with zero attached hydrogens (tertiary/aromatic N) is 1. The Morgan fingerprint density at radius 3 is 2.78 bits per heavy atom. The minimum absolute atomic E-state index is 0.169. The number of thiazole rings is 1. The molecular weight excluding hydrogens is 366 g/mol. The van der Waals surface area contributed by atoms with Gasteiger partial charge in [-0.2, -0.15) is 0 Å². The molecule has 0 unspecified atom stereocenters. The van der Waals surface area contributed by atoms with E-state index in [9.17, 15) is 14.4 Å². The molecule has 0 saturated heterocycles. The number of rotatable bonds is 6. The van der Waals surface area contributed by atoms with Gasteiger partial charge in [-0.3, -0.25) is 14.4 Å². The highest BCUT2D eigenvalue weighted by molar-refractivity contribution is 7.14. The molecule has 1 aromatic carbocycles. The monoisotopic (exact) mass is 383 g/mol. The molecule has 2 aromatic heterocycles. The van der Waals surface area contributed by atoms with Crippen LogP contribution in [0.3, 0.4) is 0 Å². The highest BCUT2D eigenvalue weighted by Gasteiger charge is 2.12. The van der Waals surface area contributed by atoms with E-state index in [1.54, 1.807) is 35.8 Å². The molecule has 27 heavy (non-hydrogen) atoms. The van der Waals surface area contributed by atoms with Crippen molar-refractivity contribution in [3.63, 3.8) is 0 Å². The molecule has 3 amide bonds. The zero-order valence-electron chi connectivity index (χ0n) is 14.4. The Balaban J connectivity index is 1.56. The number of carbonyl (C=O) groups excluding carboxylic acids is 3. The molecule has 0 spiro atoms. The van der Waals surface area contributed by atoms with Gasteiger partial charge in [0.1, 0.15) is 5.69 Å². The average Bonchev–Trinajstić information content (AvgIpc) is 3.29. The zero-order chi connectivity index (χ0) is 19.4. The molecule has 0 radical (unpaired) electrons. The third kappa shape index (κ3) is 4.59. The van der Waals surface area contributed by atoms with Gasteiger partial charge in [0.2, 0.25) is 5.91 Å². The van der Waals surface area contributed by atoms with E-state index in [0.29, 0.717) is 22.0 Å². The summed E-state index contributed by atoms with van der Waals surface area (Å²) in [5.41, 5.74) is 8.23. The molecule has 0 aliphatic heterocycles. The topological polar surface area (TPSA) is 130 Å². The summed E-state index contributed by atoms with van der Waals surface area (Å²) < 4.78 is 0. The summed E-state index contributed by atoms with van der Waals surface area (Å²) in [6, 6.07) is 8.69. The van der Waals surface area contributed by atoms with Gasteiger partial charge in [-0.05, 0) is 25.1 Å². The summed E-state index contributed by atoms with van der Waals surface area (Å²) in [5.74, 6) is -1.27. The predicted octanol–water partition coefficient (Wildman–Crippen LogP) is 1.91. The number of nitrogens with two attached hydrogens (primary N) is 1. The van der Waals surface area contributed by atoms with E-state index < -0.39 is 5.91 Å². The third-order valence-corrected chi connectivity index (χ3v) is 4.44. The van der Waals surface area contributed by atoms with Crippen LogP contribution < -0.4 is 16.4 Å². The largest absolute Gasteiger partial charge is 0.364 e. The number of carbonyl (C=O) groups is 3. The summed E-state index contributed by atoms with van der Waals surface area (Å²) in [6.07, 6.45) is 1.61. The Hall–Kier alpha value is -3.46. The van der Waals surface area contributed by atoms with E-state index >= 15 is 0 Å². The van der Waals surface area contributed by atoms with Crippen LogP contribution in [0, 0.1) is 6.92 Å². The van der Waals surface area contributed by atoms with Crippen LogP contribution in [-0.2, 0) is 4.79 Å². The van der Waals surface area contributed by atoms with Crippen LogP contribution in [0.1, 0.15) is 26.4 Å². The molecule has 0 fully saturated rings.